The monoisotopic (exact) mass is 377 g/mol. The molecule has 1 N–H and O–H groups in total. The van der Waals surface area contributed by atoms with E-state index in [0.717, 1.165) is 16.8 Å². The normalized spacial score (nSPS) is 15.2. The lowest BCUT2D eigenvalue weighted by atomic mass is 9.90. The van der Waals surface area contributed by atoms with E-state index < -0.39 is 5.60 Å². The van der Waals surface area contributed by atoms with Crippen molar-refractivity contribution in [3.8, 4) is 5.75 Å². The molecule has 5 heteroatoms. The fourth-order valence-corrected chi connectivity index (χ4v) is 3.76. The first-order valence-electron chi connectivity index (χ1n) is 9.33. The smallest absolute Gasteiger partial charge is 0.291 e. The van der Waals surface area contributed by atoms with Crippen LogP contribution in [0.1, 0.15) is 57.9 Å². The summed E-state index contributed by atoms with van der Waals surface area (Å²) >= 11 is 0. The van der Waals surface area contributed by atoms with Gasteiger partial charge in [-0.3, -0.25) is 9.59 Å². The summed E-state index contributed by atoms with van der Waals surface area (Å²) in [4.78, 5) is 25.7. The number of carbonyl (C=O) groups excluding carboxylic acids is 2. The van der Waals surface area contributed by atoms with Crippen LogP contribution in [-0.4, -0.2) is 17.3 Å². The molecule has 1 aromatic heterocycles. The molecule has 1 amide bonds. The Balaban J connectivity index is 1.79. The SMILES string of the molecule is Cc1ccc(C)c(NC(=O)c2oc3ccc4c(c3c2C)C(=O)CC(C)(C)O4)c1. The van der Waals surface area contributed by atoms with Crippen LogP contribution in [0.25, 0.3) is 11.0 Å². The number of Topliss-reactive ketones (excluding diaryl/α,β-unsaturated/α-hetero) is 1. The lowest BCUT2D eigenvalue weighted by molar-refractivity contribution is 0.0623. The Hall–Kier alpha value is -3.08. The Morgan fingerprint density at radius 3 is 2.61 bits per heavy atom. The molecule has 0 atom stereocenters. The van der Waals surface area contributed by atoms with Crippen LogP contribution in [0.15, 0.2) is 34.7 Å². The molecule has 0 fully saturated rings. The van der Waals surface area contributed by atoms with E-state index in [2.05, 4.69) is 5.32 Å². The van der Waals surface area contributed by atoms with Crippen LogP contribution in [0.2, 0.25) is 0 Å². The first-order chi connectivity index (χ1) is 13.2. The molecule has 3 aromatic rings. The summed E-state index contributed by atoms with van der Waals surface area (Å²) in [5.41, 5.74) is 3.89. The maximum atomic E-state index is 12.9. The summed E-state index contributed by atoms with van der Waals surface area (Å²) in [6.07, 6.45) is 0.285. The highest BCUT2D eigenvalue weighted by Gasteiger charge is 2.35. The van der Waals surface area contributed by atoms with Gasteiger partial charge in [0.2, 0.25) is 0 Å². The van der Waals surface area contributed by atoms with Gasteiger partial charge in [0.25, 0.3) is 5.91 Å². The molecule has 28 heavy (non-hydrogen) atoms. The Morgan fingerprint density at radius 1 is 1.11 bits per heavy atom. The number of furan rings is 1. The molecule has 1 aliphatic heterocycles. The van der Waals surface area contributed by atoms with Crippen molar-refractivity contribution in [3.63, 3.8) is 0 Å². The van der Waals surface area contributed by atoms with E-state index in [1.807, 2.05) is 45.9 Å². The second-order valence-electron chi connectivity index (χ2n) is 8.10. The molecule has 2 heterocycles. The third-order valence-corrected chi connectivity index (χ3v) is 5.16. The number of hydrogen-bond donors (Lipinski definition) is 1. The van der Waals surface area contributed by atoms with Crippen LogP contribution in [0.5, 0.6) is 5.75 Å². The van der Waals surface area contributed by atoms with E-state index in [-0.39, 0.29) is 23.9 Å². The number of ketones is 1. The van der Waals surface area contributed by atoms with Crippen molar-refractivity contribution < 1.29 is 18.7 Å². The van der Waals surface area contributed by atoms with Gasteiger partial charge in [-0.05, 0) is 63.9 Å². The van der Waals surface area contributed by atoms with Crippen molar-refractivity contribution in [2.45, 2.75) is 46.6 Å². The second-order valence-corrected chi connectivity index (χ2v) is 8.10. The number of carbonyl (C=O) groups is 2. The van der Waals surface area contributed by atoms with Crippen molar-refractivity contribution >= 4 is 28.3 Å². The molecule has 0 unspecified atom stereocenters. The van der Waals surface area contributed by atoms with Gasteiger partial charge in [0.05, 0.1) is 12.0 Å². The number of nitrogens with one attached hydrogen (secondary N) is 1. The zero-order valence-corrected chi connectivity index (χ0v) is 16.7. The van der Waals surface area contributed by atoms with Gasteiger partial charge < -0.3 is 14.5 Å². The minimum absolute atomic E-state index is 0.00207. The highest BCUT2D eigenvalue weighted by Crippen LogP contribution is 2.40. The van der Waals surface area contributed by atoms with Crippen molar-refractivity contribution in [2.24, 2.45) is 0 Å². The summed E-state index contributed by atoms with van der Waals surface area (Å²) in [7, 11) is 0. The van der Waals surface area contributed by atoms with Crippen LogP contribution in [0.3, 0.4) is 0 Å². The molecular formula is C23H23NO4. The topological polar surface area (TPSA) is 68.5 Å². The molecule has 0 spiro atoms. The molecule has 0 bridgehead atoms. The molecule has 2 aromatic carbocycles. The molecule has 1 aliphatic rings. The van der Waals surface area contributed by atoms with E-state index in [4.69, 9.17) is 9.15 Å². The predicted molar refractivity (Wildman–Crippen MR) is 108 cm³/mol. The number of aryl methyl sites for hydroxylation is 3. The Kier molecular flexibility index (Phi) is 4.07. The largest absolute Gasteiger partial charge is 0.487 e. The van der Waals surface area contributed by atoms with E-state index in [9.17, 15) is 9.59 Å². The van der Waals surface area contributed by atoms with Gasteiger partial charge in [0.1, 0.15) is 16.9 Å². The zero-order valence-electron chi connectivity index (χ0n) is 16.7. The third kappa shape index (κ3) is 2.97. The number of hydrogen-bond acceptors (Lipinski definition) is 4. The quantitative estimate of drug-likeness (QED) is 0.653. The van der Waals surface area contributed by atoms with Gasteiger partial charge in [-0.25, -0.2) is 0 Å². The van der Waals surface area contributed by atoms with Gasteiger partial charge in [0, 0.05) is 16.6 Å². The average Bonchev–Trinajstić information content (AvgIpc) is 2.94. The van der Waals surface area contributed by atoms with Gasteiger partial charge >= 0.3 is 0 Å². The summed E-state index contributed by atoms with van der Waals surface area (Å²) in [6, 6.07) is 9.38. The molecule has 0 radical (unpaired) electrons. The fourth-order valence-electron chi connectivity index (χ4n) is 3.76. The van der Waals surface area contributed by atoms with Crippen LogP contribution >= 0.6 is 0 Å². The lowest BCUT2D eigenvalue weighted by Gasteiger charge is -2.31. The zero-order chi connectivity index (χ0) is 20.2. The first kappa shape index (κ1) is 18.3. The Morgan fingerprint density at radius 2 is 1.86 bits per heavy atom. The number of amides is 1. The van der Waals surface area contributed by atoms with Gasteiger partial charge in [-0.2, -0.15) is 0 Å². The highest BCUT2D eigenvalue weighted by molar-refractivity contribution is 6.14. The second kappa shape index (κ2) is 6.23. The minimum Gasteiger partial charge on any atom is -0.487 e. The average molecular weight is 377 g/mol. The van der Waals surface area contributed by atoms with Crippen molar-refractivity contribution in [1.82, 2.24) is 0 Å². The van der Waals surface area contributed by atoms with Gasteiger partial charge in [0.15, 0.2) is 11.5 Å². The van der Waals surface area contributed by atoms with Gasteiger partial charge in [-0.1, -0.05) is 12.1 Å². The van der Waals surface area contributed by atoms with E-state index in [0.29, 0.717) is 27.8 Å². The number of rotatable bonds is 2. The summed E-state index contributed by atoms with van der Waals surface area (Å²) < 4.78 is 11.8. The summed E-state index contributed by atoms with van der Waals surface area (Å²) in [5, 5.41) is 3.58. The molecule has 4 rings (SSSR count). The van der Waals surface area contributed by atoms with E-state index >= 15 is 0 Å². The summed E-state index contributed by atoms with van der Waals surface area (Å²) in [6.45, 7) is 9.50. The molecule has 0 saturated carbocycles. The highest BCUT2D eigenvalue weighted by atomic mass is 16.5. The molecule has 0 aliphatic carbocycles. The van der Waals surface area contributed by atoms with E-state index in [1.54, 1.807) is 19.1 Å². The van der Waals surface area contributed by atoms with Crippen molar-refractivity contribution in [2.75, 3.05) is 5.32 Å². The van der Waals surface area contributed by atoms with Crippen LogP contribution in [0.4, 0.5) is 5.69 Å². The molecule has 5 nitrogen and oxygen atoms in total. The van der Waals surface area contributed by atoms with Crippen molar-refractivity contribution in [3.05, 3.63) is 58.3 Å². The Labute approximate surface area is 163 Å². The fraction of sp³-hybridized carbons (Fsp3) is 0.304. The van der Waals surface area contributed by atoms with Crippen molar-refractivity contribution in [1.29, 1.82) is 0 Å². The number of ether oxygens (including phenoxy) is 1. The Bertz CT molecular complexity index is 1140. The van der Waals surface area contributed by atoms with Crippen LogP contribution in [-0.2, 0) is 0 Å². The molecular weight excluding hydrogens is 354 g/mol. The first-order valence-corrected chi connectivity index (χ1v) is 9.33. The lowest BCUT2D eigenvalue weighted by Crippen LogP contribution is -2.35. The predicted octanol–water partition coefficient (Wildman–Crippen LogP) is 5.35. The van der Waals surface area contributed by atoms with Crippen LogP contribution in [0, 0.1) is 20.8 Å². The maximum absolute atomic E-state index is 12.9. The van der Waals surface area contributed by atoms with Gasteiger partial charge in [-0.15, -0.1) is 0 Å². The number of anilines is 1. The minimum atomic E-state index is -0.543. The standard InChI is InChI=1S/C23H23NO4/c1-12-6-7-13(2)15(10-12)24-22(26)21-14(3)19-17(27-21)8-9-18-20(19)16(25)11-23(4,5)28-18/h6-10H,11H2,1-5H3,(H,24,26). The maximum Gasteiger partial charge on any atom is 0.291 e. The van der Waals surface area contributed by atoms with Crippen LogP contribution < -0.4 is 10.1 Å². The number of benzene rings is 2. The summed E-state index contributed by atoms with van der Waals surface area (Å²) in [5.74, 6) is 0.420. The third-order valence-electron chi connectivity index (χ3n) is 5.16. The number of fused-ring (bicyclic) bond motifs is 3. The molecule has 0 saturated heterocycles. The molecule has 144 valence electrons. The van der Waals surface area contributed by atoms with E-state index in [1.165, 1.54) is 0 Å².